The first kappa shape index (κ1) is 14.4. The molecule has 0 radical (unpaired) electrons. The van der Waals surface area contributed by atoms with Gasteiger partial charge in [-0.25, -0.2) is 0 Å². The number of nitrogens with one attached hydrogen (secondary N) is 1. The number of hydrogen-bond acceptors (Lipinski definition) is 2. The van der Waals surface area contributed by atoms with Crippen molar-refractivity contribution in [3.8, 4) is 0 Å². The quantitative estimate of drug-likeness (QED) is 0.776. The number of aryl methyl sites for hydroxylation is 1. The third kappa shape index (κ3) is 3.51. The van der Waals surface area contributed by atoms with Crippen molar-refractivity contribution in [3.63, 3.8) is 0 Å². The van der Waals surface area contributed by atoms with Crippen LogP contribution >= 0.6 is 27.3 Å². The van der Waals surface area contributed by atoms with Crippen LogP contribution in [-0.4, -0.2) is 0 Å². The predicted molar refractivity (Wildman–Crippen MR) is 75.5 cm³/mol. The fourth-order valence-electron chi connectivity index (χ4n) is 1.62. The molecule has 0 aliphatic heterocycles. The van der Waals surface area contributed by atoms with Gasteiger partial charge in [-0.05, 0) is 42.1 Å². The van der Waals surface area contributed by atoms with E-state index in [9.17, 15) is 13.2 Å². The molecule has 0 saturated carbocycles. The molecule has 1 aromatic heterocycles. The maximum absolute atomic E-state index is 12.8. The first-order valence-corrected chi connectivity index (χ1v) is 7.19. The van der Waals surface area contributed by atoms with Crippen molar-refractivity contribution in [2.45, 2.75) is 19.6 Å². The number of alkyl halides is 3. The number of benzene rings is 1. The Bertz CT molecular complexity index is 578. The zero-order chi connectivity index (χ0) is 14.0. The summed E-state index contributed by atoms with van der Waals surface area (Å²) in [4.78, 5) is 1.12. The highest BCUT2D eigenvalue weighted by molar-refractivity contribution is 9.10. The lowest BCUT2D eigenvalue weighted by atomic mass is 10.2. The van der Waals surface area contributed by atoms with Crippen LogP contribution in [0.2, 0.25) is 0 Å². The van der Waals surface area contributed by atoms with E-state index in [0.717, 1.165) is 16.5 Å². The van der Waals surface area contributed by atoms with Crippen molar-refractivity contribution in [2.75, 3.05) is 5.32 Å². The normalized spacial score (nSPS) is 11.6. The summed E-state index contributed by atoms with van der Waals surface area (Å²) >= 11 is 4.51. The van der Waals surface area contributed by atoms with Gasteiger partial charge in [0.15, 0.2) is 0 Å². The molecule has 19 heavy (non-hydrogen) atoms. The molecule has 2 aromatic rings. The van der Waals surface area contributed by atoms with E-state index in [1.807, 2.05) is 18.4 Å². The van der Waals surface area contributed by atoms with Gasteiger partial charge in [-0.2, -0.15) is 13.2 Å². The summed E-state index contributed by atoms with van der Waals surface area (Å²) in [6.45, 7) is 2.51. The lowest BCUT2D eigenvalue weighted by molar-refractivity contribution is -0.138. The number of hydrogen-bond donors (Lipinski definition) is 1. The van der Waals surface area contributed by atoms with E-state index in [0.29, 0.717) is 12.2 Å². The van der Waals surface area contributed by atoms with Gasteiger partial charge < -0.3 is 5.32 Å². The van der Waals surface area contributed by atoms with Crippen LogP contribution in [0.25, 0.3) is 0 Å². The summed E-state index contributed by atoms with van der Waals surface area (Å²) in [5.41, 5.74) is 0.939. The first-order valence-electron chi connectivity index (χ1n) is 5.51. The minimum absolute atomic E-state index is 0.0536. The zero-order valence-corrected chi connectivity index (χ0v) is 12.4. The van der Waals surface area contributed by atoms with Crippen LogP contribution in [0.4, 0.5) is 18.9 Å². The molecule has 1 heterocycles. The van der Waals surface area contributed by atoms with Gasteiger partial charge in [0.25, 0.3) is 0 Å². The zero-order valence-electron chi connectivity index (χ0n) is 10.0. The number of anilines is 1. The SMILES string of the molecule is Cc1ccsc1CNc1ccc(Br)c(C(F)(F)F)c1. The highest BCUT2D eigenvalue weighted by Gasteiger charge is 2.33. The Labute approximate surface area is 121 Å². The van der Waals surface area contributed by atoms with Crippen molar-refractivity contribution in [1.82, 2.24) is 0 Å². The van der Waals surface area contributed by atoms with E-state index in [2.05, 4.69) is 21.2 Å². The maximum atomic E-state index is 12.8. The second-order valence-corrected chi connectivity index (χ2v) is 5.93. The van der Waals surface area contributed by atoms with Gasteiger partial charge in [0.05, 0.1) is 5.56 Å². The molecule has 0 fully saturated rings. The summed E-state index contributed by atoms with van der Waals surface area (Å²) in [6, 6.07) is 6.14. The molecule has 0 amide bonds. The predicted octanol–water partition coefficient (Wildman–Crippen LogP) is 5.45. The Balaban J connectivity index is 2.16. The van der Waals surface area contributed by atoms with Crippen molar-refractivity contribution in [1.29, 1.82) is 0 Å². The van der Waals surface area contributed by atoms with Gasteiger partial charge in [0, 0.05) is 21.6 Å². The van der Waals surface area contributed by atoms with Crippen LogP contribution in [0.5, 0.6) is 0 Å². The molecule has 0 atom stereocenters. The van der Waals surface area contributed by atoms with Gasteiger partial charge in [-0.1, -0.05) is 15.9 Å². The monoisotopic (exact) mass is 349 g/mol. The summed E-state index contributed by atoms with van der Waals surface area (Å²) < 4.78 is 38.3. The summed E-state index contributed by atoms with van der Waals surface area (Å²) in [6.07, 6.45) is -4.35. The molecule has 6 heteroatoms. The van der Waals surface area contributed by atoms with Gasteiger partial charge in [-0.3, -0.25) is 0 Å². The second kappa shape index (κ2) is 5.54. The van der Waals surface area contributed by atoms with Crippen molar-refractivity contribution in [2.24, 2.45) is 0 Å². The summed E-state index contributed by atoms with van der Waals surface area (Å²) in [7, 11) is 0. The minimum atomic E-state index is -4.35. The lowest BCUT2D eigenvalue weighted by Crippen LogP contribution is -2.07. The van der Waals surface area contributed by atoms with Gasteiger partial charge in [0.2, 0.25) is 0 Å². The summed E-state index contributed by atoms with van der Waals surface area (Å²) in [5.74, 6) is 0. The topological polar surface area (TPSA) is 12.0 Å². The Morgan fingerprint density at radius 3 is 2.58 bits per heavy atom. The van der Waals surface area contributed by atoms with Crippen LogP contribution in [0.1, 0.15) is 16.0 Å². The highest BCUT2D eigenvalue weighted by atomic mass is 79.9. The molecule has 2 rings (SSSR count). The number of halogens is 4. The Hall–Kier alpha value is -1.01. The highest BCUT2D eigenvalue weighted by Crippen LogP contribution is 2.36. The van der Waals surface area contributed by atoms with E-state index in [1.165, 1.54) is 6.07 Å². The molecule has 1 N–H and O–H groups in total. The molecule has 0 aliphatic rings. The number of thiophene rings is 1. The van der Waals surface area contributed by atoms with Crippen molar-refractivity contribution < 1.29 is 13.2 Å². The Morgan fingerprint density at radius 2 is 2.00 bits per heavy atom. The smallest absolute Gasteiger partial charge is 0.380 e. The minimum Gasteiger partial charge on any atom is -0.380 e. The van der Waals surface area contributed by atoms with E-state index >= 15 is 0 Å². The molecule has 0 bridgehead atoms. The summed E-state index contributed by atoms with van der Waals surface area (Å²) in [5, 5.41) is 4.98. The van der Waals surface area contributed by atoms with Crippen LogP contribution in [0.3, 0.4) is 0 Å². The van der Waals surface area contributed by atoms with Crippen LogP contribution in [0.15, 0.2) is 34.1 Å². The van der Waals surface area contributed by atoms with Gasteiger partial charge in [0.1, 0.15) is 0 Å². The Morgan fingerprint density at radius 1 is 1.26 bits per heavy atom. The molecular weight excluding hydrogens is 339 g/mol. The standard InChI is InChI=1S/C13H11BrF3NS/c1-8-4-5-19-12(8)7-18-9-2-3-11(14)10(6-9)13(15,16)17/h2-6,18H,7H2,1H3. The van der Waals surface area contributed by atoms with Crippen molar-refractivity contribution in [3.05, 3.63) is 50.1 Å². The largest absolute Gasteiger partial charge is 0.417 e. The molecule has 0 spiro atoms. The van der Waals surface area contributed by atoms with Gasteiger partial charge >= 0.3 is 6.18 Å². The fraction of sp³-hybridized carbons (Fsp3) is 0.231. The number of rotatable bonds is 3. The molecule has 1 nitrogen and oxygen atoms in total. The molecular formula is C13H11BrF3NS. The van der Waals surface area contributed by atoms with E-state index < -0.39 is 11.7 Å². The Kier molecular flexibility index (Phi) is 4.20. The average Bonchev–Trinajstić information content (AvgIpc) is 2.72. The molecule has 102 valence electrons. The van der Waals surface area contributed by atoms with Crippen molar-refractivity contribution >= 4 is 33.0 Å². The van der Waals surface area contributed by atoms with Crippen LogP contribution in [0, 0.1) is 6.92 Å². The molecule has 1 aromatic carbocycles. The van der Waals surface area contributed by atoms with Crippen LogP contribution in [-0.2, 0) is 12.7 Å². The van der Waals surface area contributed by atoms with Crippen LogP contribution < -0.4 is 5.32 Å². The molecule has 0 unspecified atom stereocenters. The molecule has 0 saturated heterocycles. The van der Waals surface area contributed by atoms with Gasteiger partial charge in [-0.15, -0.1) is 11.3 Å². The third-order valence-corrected chi connectivity index (χ3v) is 4.41. The average molecular weight is 350 g/mol. The first-order chi connectivity index (χ1) is 8.88. The van der Waals surface area contributed by atoms with E-state index in [-0.39, 0.29) is 4.47 Å². The fourth-order valence-corrected chi connectivity index (χ4v) is 2.94. The second-order valence-electron chi connectivity index (χ2n) is 4.07. The van der Waals surface area contributed by atoms with E-state index in [4.69, 9.17) is 0 Å². The van der Waals surface area contributed by atoms with E-state index in [1.54, 1.807) is 17.4 Å². The third-order valence-electron chi connectivity index (χ3n) is 2.69. The maximum Gasteiger partial charge on any atom is 0.417 e. The lowest BCUT2D eigenvalue weighted by Gasteiger charge is -2.12. The molecule has 0 aliphatic carbocycles.